The smallest absolute Gasteiger partial charge is 0.347 e. The quantitative estimate of drug-likeness (QED) is 0.386. The van der Waals surface area contributed by atoms with Gasteiger partial charge in [-0.1, -0.05) is 6.92 Å². The maximum Gasteiger partial charge on any atom is 0.347 e. The van der Waals surface area contributed by atoms with Crippen molar-refractivity contribution in [2.45, 2.75) is 13.3 Å². The first-order valence-corrected chi connectivity index (χ1v) is 4.09. The molecule has 0 aromatic carbocycles. The Morgan fingerprint density at radius 1 is 1.13 bits per heavy atom. The maximum absolute atomic E-state index is 8.59. The second kappa shape index (κ2) is 6.84. The summed E-state index contributed by atoms with van der Waals surface area (Å²) in [7, 11) is 0. The first-order valence-electron chi connectivity index (χ1n) is 4.09. The third kappa shape index (κ3) is 3.31. The molecule has 0 aliphatic rings. The number of nitrogens with zero attached hydrogens (tertiary/aromatic N) is 4. The SMILES string of the molecule is CCCOC(=C(C#N)C#N)[C+](C#N)C#N. The minimum Gasteiger partial charge on any atom is -0.458 e. The minimum atomic E-state index is -0.360. The summed E-state index contributed by atoms with van der Waals surface area (Å²) in [5.74, 6) is -0.589. The fourth-order valence-electron chi connectivity index (χ4n) is 0.727. The summed E-state index contributed by atoms with van der Waals surface area (Å²) in [5, 5.41) is 34.4. The van der Waals surface area contributed by atoms with Gasteiger partial charge < -0.3 is 4.74 Å². The summed E-state index contributed by atoms with van der Waals surface area (Å²) in [6.07, 6.45) is 0.651. The van der Waals surface area contributed by atoms with E-state index in [9.17, 15) is 0 Å². The average Bonchev–Trinajstić information content (AvgIpc) is 2.28. The predicted molar refractivity (Wildman–Crippen MR) is 49.0 cm³/mol. The van der Waals surface area contributed by atoms with Gasteiger partial charge in [-0.2, -0.15) is 21.0 Å². The van der Waals surface area contributed by atoms with Gasteiger partial charge in [0.25, 0.3) is 0 Å². The Labute approximate surface area is 88.0 Å². The highest BCUT2D eigenvalue weighted by Crippen LogP contribution is 2.17. The van der Waals surface area contributed by atoms with Crippen molar-refractivity contribution in [3.05, 3.63) is 17.3 Å². The van der Waals surface area contributed by atoms with Gasteiger partial charge in [-0.05, 0) is 6.42 Å². The molecule has 5 heteroatoms. The molecule has 0 amide bonds. The third-order valence-electron chi connectivity index (χ3n) is 1.35. The second-order valence-electron chi connectivity index (χ2n) is 2.37. The lowest BCUT2D eigenvalue weighted by Crippen LogP contribution is -2.05. The monoisotopic (exact) mass is 199 g/mol. The Hall–Kier alpha value is -2.63. The summed E-state index contributed by atoms with van der Waals surface area (Å²) in [6.45, 7) is 2.07. The minimum absolute atomic E-state index is 0.230. The molecule has 0 bridgehead atoms. The van der Waals surface area contributed by atoms with E-state index in [0.29, 0.717) is 6.42 Å². The molecule has 0 saturated carbocycles. The lowest BCUT2D eigenvalue weighted by atomic mass is 10.1. The fourth-order valence-corrected chi connectivity index (χ4v) is 0.727. The Balaban J connectivity index is 5.19. The van der Waals surface area contributed by atoms with Gasteiger partial charge in [-0.3, -0.25) is 0 Å². The molecule has 5 nitrogen and oxygen atoms in total. The number of ether oxygens (including phenoxy) is 1. The van der Waals surface area contributed by atoms with Crippen LogP contribution in [0.1, 0.15) is 13.3 Å². The van der Waals surface area contributed by atoms with E-state index in [0.717, 1.165) is 0 Å². The first kappa shape index (κ1) is 12.4. The van der Waals surface area contributed by atoms with Gasteiger partial charge in [-0.15, -0.1) is 0 Å². The summed E-state index contributed by atoms with van der Waals surface area (Å²) in [4.78, 5) is 0. The van der Waals surface area contributed by atoms with Crippen LogP contribution < -0.4 is 0 Å². The Kier molecular flexibility index (Phi) is 5.64. The van der Waals surface area contributed by atoms with Gasteiger partial charge in [0.1, 0.15) is 0 Å². The van der Waals surface area contributed by atoms with Gasteiger partial charge in [0.05, 0.1) is 6.61 Å². The third-order valence-corrected chi connectivity index (χ3v) is 1.35. The van der Waals surface area contributed by atoms with E-state index >= 15 is 0 Å². The molecule has 0 aromatic heterocycles. The zero-order chi connectivity index (χ0) is 11.7. The molecule has 0 heterocycles. The van der Waals surface area contributed by atoms with Crippen molar-refractivity contribution in [1.29, 1.82) is 21.0 Å². The molecule has 0 fully saturated rings. The van der Waals surface area contributed by atoms with Gasteiger partial charge in [0.15, 0.2) is 0 Å². The molecule has 0 aromatic rings. The molecule has 72 valence electrons. The lowest BCUT2D eigenvalue weighted by Gasteiger charge is -2.00. The van der Waals surface area contributed by atoms with Crippen LogP contribution in [-0.2, 0) is 4.74 Å². The summed E-state index contributed by atoms with van der Waals surface area (Å²) in [5.41, 5.74) is -0.360. The normalized spacial score (nSPS) is 7.27. The molecular weight excluding hydrogens is 192 g/mol. The second-order valence-corrected chi connectivity index (χ2v) is 2.37. The number of allylic oxidation sites excluding steroid dienone is 2. The standard InChI is InChI=1S/C10H7N4O/c1-2-3-15-10(8(4-11)5-12)9(6-13)7-14/h2-3H2,1H3/q+1. The van der Waals surface area contributed by atoms with E-state index in [1.54, 1.807) is 24.3 Å². The molecule has 0 unspecified atom stereocenters. The van der Waals surface area contributed by atoms with Crippen LogP contribution in [0.25, 0.3) is 0 Å². The van der Waals surface area contributed by atoms with E-state index in [1.165, 1.54) is 0 Å². The molecule has 0 radical (unpaired) electrons. The van der Waals surface area contributed by atoms with Crippen LogP contribution >= 0.6 is 0 Å². The zero-order valence-corrected chi connectivity index (χ0v) is 8.11. The van der Waals surface area contributed by atoms with Crippen LogP contribution in [0.5, 0.6) is 0 Å². The van der Waals surface area contributed by atoms with Crippen LogP contribution in [-0.4, -0.2) is 6.61 Å². The number of nitriles is 4. The van der Waals surface area contributed by atoms with Crippen molar-refractivity contribution in [1.82, 2.24) is 0 Å². The highest BCUT2D eigenvalue weighted by molar-refractivity contribution is 5.52. The molecule has 0 atom stereocenters. The van der Waals surface area contributed by atoms with Crippen LogP contribution in [0.15, 0.2) is 11.3 Å². The van der Waals surface area contributed by atoms with Crippen molar-refractivity contribution in [2.24, 2.45) is 0 Å². The Bertz CT molecular complexity index is 381. The molecule has 15 heavy (non-hydrogen) atoms. The number of hydrogen-bond donors (Lipinski definition) is 0. The molecule has 0 aliphatic carbocycles. The van der Waals surface area contributed by atoms with Crippen LogP contribution in [0.4, 0.5) is 0 Å². The average molecular weight is 199 g/mol. The van der Waals surface area contributed by atoms with E-state index in [2.05, 4.69) is 0 Å². The summed E-state index contributed by atoms with van der Waals surface area (Å²) < 4.78 is 5.03. The van der Waals surface area contributed by atoms with Crippen LogP contribution in [0, 0.1) is 51.2 Å². The molecule has 0 rings (SSSR count). The van der Waals surface area contributed by atoms with Gasteiger partial charge in [0.2, 0.25) is 24.3 Å². The van der Waals surface area contributed by atoms with Gasteiger partial charge in [-0.25, -0.2) is 0 Å². The van der Waals surface area contributed by atoms with E-state index < -0.39 is 0 Å². The summed E-state index contributed by atoms with van der Waals surface area (Å²) in [6, 6.07) is 6.32. The lowest BCUT2D eigenvalue weighted by molar-refractivity contribution is 0.216. The Morgan fingerprint density at radius 3 is 2.00 bits per heavy atom. The van der Waals surface area contributed by atoms with Crippen LogP contribution in [0.2, 0.25) is 0 Å². The topological polar surface area (TPSA) is 104 Å². The van der Waals surface area contributed by atoms with Crippen molar-refractivity contribution in [3.63, 3.8) is 0 Å². The first-order chi connectivity index (χ1) is 7.24. The number of hydrogen-bond acceptors (Lipinski definition) is 5. The number of rotatable bonds is 4. The van der Waals surface area contributed by atoms with Crippen molar-refractivity contribution in [3.8, 4) is 24.3 Å². The van der Waals surface area contributed by atoms with E-state index in [-0.39, 0.29) is 23.9 Å². The largest absolute Gasteiger partial charge is 0.458 e. The fraction of sp³-hybridized carbons (Fsp3) is 0.300. The highest BCUT2D eigenvalue weighted by Gasteiger charge is 2.33. The molecule has 0 spiro atoms. The Morgan fingerprint density at radius 2 is 1.67 bits per heavy atom. The molecule has 0 saturated heterocycles. The zero-order valence-electron chi connectivity index (χ0n) is 8.11. The van der Waals surface area contributed by atoms with Gasteiger partial charge >= 0.3 is 17.3 Å². The van der Waals surface area contributed by atoms with E-state index in [1.807, 2.05) is 6.92 Å². The van der Waals surface area contributed by atoms with Crippen molar-refractivity contribution >= 4 is 0 Å². The van der Waals surface area contributed by atoms with Gasteiger partial charge in [0, 0.05) is 0 Å². The van der Waals surface area contributed by atoms with Crippen molar-refractivity contribution in [2.75, 3.05) is 6.61 Å². The van der Waals surface area contributed by atoms with Crippen LogP contribution in [0.3, 0.4) is 0 Å². The van der Waals surface area contributed by atoms with E-state index in [4.69, 9.17) is 25.8 Å². The maximum atomic E-state index is 8.59. The van der Waals surface area contributed by atoms with Crippen molar-refractivity contribution < 1.29 is 4.74 Å². The predicted octanol–water partition coefficient (Wildman–Crippen LogP) is 1.34. The highest BCUT2D eigenvalue weighted by atomic mass is 16.5. The molecule has 0 N–H and O–H groups in total. The molecule has 0 aliphatic heterocycles. The molecular formula is C10H7N4O+. The summed E-state index contributed by atoms with van der Waals surface area (Å²) >= 11 is 0.